The second-order valence-electron chi connectivity index (χ2n) is 5.78. The van der Waals surface area contributed by atoms with Gasteiger partial charge in [0.1, 0.15) is 16.7 Å². The Kier molecular flexibility index (Phi) is 5.24. The number of nitrogens with zero attached hydrogens (tertiary/aromatic N) is 1. The molecule has 0 fully saturated rings. The van der Waals surface area contributed by atoms with Crippen LogP contribution in [0.1, 0.15) is 21.5 Å². The maximum absolute atomic E-state index is 12.7. The molecule has 2 aromatic carbocycles. The minimum absolute atomic E-state index is 0.175. The molecule has 1 aromatic heterocycles. The standard InChI is InChI=1S/C21H18ClNO3/c1-13-10-16(25-2)12-19(26-3)20(13)18(24)9-8-15-11-14-6-4-5-7-17(14)23-21(15)22/h4-12H,1-3H3. The van der Waals surface area contributed by atoms with E-state index in [0.29, 0.717) is 27.8 Å². The molecule has 0 saturated heterocycles. The van der Waals surface area contributed by atoms with Crippen molar-refractivity contribution in [2.75, 3.05) is 14.2 Å². The first kappa shape index (κ1) is 18.0. The van der Waals surface area contributed by atoms with Gasteiger partial charge in [0.15, 0.2) is 5.78 Å². The number of fused-ring (bicyclic) bond motifs is 1. The average Bonchev–Trinajstić information content (AvgIpc) is 2.65. The van der Waals surface area contributed by atoms with Crippen LogP contribution in [0, 0.1) is 6.92 Å². The number of carbonyl (C=O) groups is 1. The maximum Gasteiger partial charge on any atom is 0.189 e. The number of aryl methyl sites for hydroxylation is 1. The number of ether oxygens (including phenoxy) is 2. The molecule has 3 rings (SSSR count). The Morgan fingerprint density at radius 1 is 1.12 bits per heavy atom. The van der Waals surface area contributed by atoms with Crippen LogP contribution in [0.25, 0.3) is 17.0 Å². The van der Waals surface area contributed by atoms with Crippen LogP contribution in [0.4, 0.5) is 0 Å². The van der Waals surface area contributed by atoms with E-state index in [1.165, 1.54) is 13.2 Å². The summed E-state index contributed by atoms with van der Waals surface area (Å²) in [5.74, 6) is 0.937. The molecule has 1 heterocycles. The number of benzene rings is 2. The van der Waals surface area contributed by atoms with Crippen LogP contribution in [-0.2, 0) is 0 Å². The molecule has 0 aliphatic carbocycles. The van der Waals surface area contributed by atoms with Gasteiger partial charge in [0.05, 0.1) is 25.3 Å². The van der Waals surface area contributed by atoms with Gasteiger partial charge in [-0.15, -0.1) is 0 Å². The molecule has 0 amide bonds. The minimum atomic E-state index is -0.175. The molecule has 132 valence electrons. The molecule has 0 atom stereocenters. The Morgan fingerprint density at radius 2 is 1.88 bits per heavy atom. The molecule has 0 radical (unpaired) electrons. The molecule has 0 aliphatic rings. The Balaban J connectivity index is 1.97. The summed E-state index contributed by atoms with van der Waals surface area (Å²) in [6, 6.07) is 13.1. The normalized spacial score (nSPS) is 11.1. The first-order valence-corrected chi connectivity index (χ1v) is 8.41. The quantitative estimate of drug-likeness (QED) is 0.357. The van der Waals surface area contributed by atoms with Crippen LogP contribution in [0.3, 0.4) is 0 Å². The summed E-state index contributed by atoms with van der Waals surface area (Å²) in [6.45, 7) is 1.84. The van der Waals surface area contributed by atoms with Gasteiger partial charge in [0.2, 0.25) is 0 Å². The Morgan fingerprint density at radius 3 is 2.62 bits per heavy atom. The monoisotopic (exact) mass is 367 g/mol. The highest BCUT2D eigenvalue weighted by atomic mass is 35.5. The fourth-order valence-corrected chi connectivity index (χ4v) is 3.00. The van der Waals surface area contributed by atoms with Gasteiger partial charge < -0.3 is 9.47 Å². The van der Waals surface area contributed by atoms with E-state index in [0.717, 1.165) is 16.5 Å². The van der Waals surface area contributed by atoms with Gasteiger partial charge in [-0.3, -0.25) is 4.79 Å². The first-order chi connectivity index (χ1) is 12.5. The van der Waals surface area contributed by atoms with Gasteiger partial charge in [-0.25, -0.2) is 4.98 Å². The zero-order valence-electron chi connectivity index (χ0n) is 14.7. The van der Waals surface area contributed by atoms with Gasteiger partial charge in [0, 0.05) is 17.0 Å². The lowest BCUT2D eigenvalue weighted by atomic mass is 10.0. The topological polar surface area (TPSA) is 48.4 Å². The summed E-state index contributed by atoms with van der Waals surface area (Å²) in [5.41, 5.74) is 2.77. The number of ketones is 1. The Labute approximate surface area is 157 Å². The molecule has 0 spiro atoms. The summed E-state index contributed by atoms with van der Waals surface area (Å²) in [5, 5.41) is 1.31. The van der Waals surface area contributed by atoms with Crippen molar-refractivity contribution in [1.82, 2.24) is 4.98 Å². The lowest BCUT2D eigenvalue weighted by molar-refractivity contribution is 0.104. The number of allylic oxidation sites excluding steroid dienone is 1. The van der Waals surface area contributed by atoms with Crippen molar-refractivity contribution in [3.63, 3.8) is 0 Å². The molecular weight excluding hydrogens is 350 g/mol. The largest absolute Gasteiger partial charge is 0.497 e. The van der Waals surface area contributed by atoms with Crippen LogP contribution < -0.4 is 9.47 Å². The molecule has 0 aliphatic heterocycles. The summed E-state index contributed by atoms with van der Waals surface area (Å²) in [6.07, 6.45) is 3.15. The minimum Gasteiger partial charge on any atom is -0.497 e. The third-order valence-electron chi connectivity index (χ3n) is 4.09. The van der Waals surface area contributed by atoms with Crippen molar-refractivity contribution in [3.05, 3.63) is 70.4 Å². The van der Waals surface area contributed by atoms with Crippen LogP contribution in [-0.4, -0.2) is 25.0 Å². The summed E-state index contributed by atoms with van der Waals surface area (Å²) < 4.78 is 10.6. The van der Waals surface area contributed by atoms with Gasteiger partial charge >= 0.3 is 0 Å². The molecule has 0 bridgehead atoms. The summed E-state index contributed by atoms with van der Waals surface area (Å²) in [7, 11) is 3.10. The number of methoxy groups -OCH3 is 2. The highest BCUT2D eigenvalue weighted by Crippen LogP contribution is 2.29. The summed E-state index contributed by atoms with van der Waals surface area (Å²) in [4.78, 5) is 17.1. The second-order valence-corrected chi connectivity index (χ2v) is 6.14. The van der Waals surface area contributed by atoms with Crippen molar-refractivity contribution in [2.45, 2.75) is 6.92 Å². The molecule has 26 heavy (non-hydrogen) atoms. The van der Waals surface area contributed by atoms with Gasteiger partial charge in [-0.05, 0) is 42.8 Å². The van der Waals surface area contributed by atoms with Crippen molar-refractivity contribution < 1.29 is 14.3 Å². The SMILES string of the molecule is COc1cc(C)c(C(=O)C=Cc2cc3ccccc3nc2Cl)c(OC)c1. The van der Waals surface area contributed by atoms with E-state index in [1.54, 1.807) is 25.3 Å². The smallest absolute Gasteiger partial charge is 0.189 e. The molecule has 0 saturated carbocycles. The molecule has 0 unspecified atom stereocenters. The Bertz CT molecular complexity index is 1010. The number of halogens is 1. The molecule has 0 N–H and O–H groups in total. The van der Waals surface area contributed by atoms with E-state index in [4.69, 9.17) is 21.1 Å². The fraction of sp³-hybridized carbons (Fsp3) is 0.143. The first-order valence-electron chi connectivity index (χ1n) is 8.04. The van der Waals surface area contributed by atoms with E-state index in [9.17, 15) is 4.79 Å². The van der Waals surface area contributed by atoms with E-state index in [1.807, 2.05) is 37.3 Å². The van der Waals surface area contributed by atoms with Crippen molar-refractivity contribution in [2.24, 2.45) is 0 Å². The van der Waals surface area contributed by atoms with E-state index in [-0.39, 0.29) is 5.78 Å². The lowest BCUT2D eigenvalue weighted by Gasteiger charge is -2.11. The zero-order chi connectivity index (χ0) is 18.7. The predicted molar refractivity (Wildman–Crippen MR) is 104 cm³/mol. The second kappa shape index (κ2) is 7.58. The highest BCUT2D eigenvalue weighted by molar-refractivity contribution is 6.31. The van der Waals surface area contributed by atoms with Gasteiger partial charge in [-0.2, -0.15) is 0 Å². The molecule has 4 nitrogen and oxygen atoms in total. The number of carbonyl (C=O) groups excluding carboxylic acids is 1. The molecule has 5 heteroatoms. The lowest BCUT2D eigenvalue weighted by Crippen LogP contribution is -2.03. The predicted octanol–water partition coefficient (Wildman–Crippen LogP) is 5.11. The third kappa shape index (κ3) is 3.55. The number of para-hydroxylation sites is 1. The van der Waals surface area contributed by atoms with Crippen molar-refractivity contribution in [1.29, 1.82) is 0 Å². The number of aromatic nitrogens is 1. The molecular formula is C21H18ClNO3. The average molecular weight is 368 g/mol. The van der Waals surface area contributed by atoms with Gasteiger partial charge in [-0.1, -0.05) is 29.8 Å². The Hall–Kier alpha value is -2.85. The van der Waals surface area contributed by atoms with Crippen LogP contribution >= 0.6 is 11.6 Å². The van der Waals surface area contributed by atoms with E-state index < -0.39 is 0 Å². The number of hydrogen-bond acceptors (Lipinski definition) is 4. The maximum atomic E-state index is 12.7. The highest BCUT2D eigenvalue weighted by Gasteiger charge is 2.15. The van der Waals surface area contributed by atoms with Gasteiger partial charge in [0.25, 0.3) is 0 Å². The number of rotatable bonds is 5. The van der Waals surface area contributed by atoms with E-state index in [2.05, 4.69) is 4.98 Å². The van der Waals surface area contributed by atoms with Crippen LogP contribution in [0.5, 0.6) is 11.5 Å². The number of pyridine rings is 1. The van der Waals surface area contributed by atoms with Crippen molar-refractivity contribution >= 4 is 34.4 Å². The third-order valence-corrected chi connectivity index (χ3v) is 4.40. The van der Waals surface area contributed by atoms with Crippen LogP contribution in [0.2, 0.25) is 5.15 Å². The zero-order valence-corrected chi connectivity index (χ0v) is 15.5. The summed E-state index contributed by atoms with van der Waals surface area (Å²) >= 11 is 6.25. The number of hydrogen-bond donors (Lipinski definition) is 0. The van der Waals surface area contributed by atoms with E-state index >= 15 is 0 Å². The fourth-order valence-electron chi connectivity index (χ4n) is 2.79. The molecule has 3 aromatic rings. The van der Waals surface area contributed by atoms with Crippen LogP contribution in [0.15, 0.2) is 48.5 Å². The van der Waals surface area contributed by atoms with Crippen molar-refractivity contribution in [3.8, 4) is 11.5 Å².